The summed E-state index contributed by atoms with van der Waals surface area (Å²) < 4.78 is 0. The Bertz CT molecular complexity index is 949. The van der Waals surface area contributed by atoms with E-state index in [2.05, 4.69) is 34.4 Å². The van der Waals surface area contributed by atoms with Gasteiger partial charge in [0.2, 0.25) is 0 Å². The van der Waals surface area contributed by atoms with E-state index in [1.807, 2.05) is 24.3 Å². The van der Waals surface area contributed by atoms with E-state index >= 15 is 0 Å². The van der Waals surface area contributed by atoms with Gasteiger partial charge in [0.05, 0.1) is 17.2 Å². The van der Waals surface area contributed by atoms with Crippen molar-refractivity contribution in [3.63, 3.8) is 0 Å². The number of nitrogens with one attached hydrogen (secondary N) is 3. The van der Waals surface area contributed by atoms with Crippen molar-refractivity contribution in [2.45, 2.75) is 13.8 Å². The van der Waals surface area contributed by atoms with Crippen LogP contribution in [0.5, 0.6) is 0 Å². The third-order valence-electron chi connectivity index (χ3n) is 3.66. The number of thiocarbonyl (C=S) groups is 1. The van der Waals surface area contributed by atoms with Crippen LogP contribution in [-0.2, 0) is 0 Å². The zero-order chi connectivity index (χ0) is 16.4. The molecular weight excluding hydrogens is 308 g/mol. The van der Waals surface area contributed by atoms with E-state index in [9.17, 15) is 4.79 Å². The topological polar surface area (TPSA) is 69.8 Å². The Morgan fingerprint density at radius 1 is 1.04 bits per heavy atom. The number of anilines is 2. The van der Waals surface area contributed by atoms with Crippen LogP contribution in [0.25, 0.3) is 10.9 Å². The Hall–Kier alpha value is -2.73. The van der Waals surface area contributed by atoms with E-state index in [-0.39, 0.29) is 5.56 Å². The molecule has 2 aromatic carbocycles. The first-order chi connectivity index (χ1) is 11.0. The van der Waals surface area contributed by atoms with Gasteiger partial charge in [-0.15, -0.1) is 0 Å². The third-order valence-corrected chi connectivity index (χ3v) is 3.87. The van der Waals surface area contributed by atoms with Crippen molar-refractivity contribution >= 4 is 39.6 Å². The normalized spacial score (nSPS) is 10.5. The highest BCUT2D eigenvalue weighted by Gasteiger charge is 2.04. The van der Waals surface area contributed by atoms with Crippen LogP contribution in [0.15, 0.2) is 47.5 Å². The van der Waals surface area contributed by atoms with Crippen LogP contribution >= 0.6 is 12.2 Å². The molecule has 6 heteroatoms. The molecule has 1 aromatic heterocycles. The van der Waals surface area contributed by atoms with Gasteiger partial charge in [0.15, 0.2) is 5.11 Å². The first kappa shape index (κ1) is 15.2. The summed E-state index contributed by atoms with van der Waals surface area (Å²) in [5.74, 6) is 0. The summed E-state index contributed by atoms with van der Waals surface area (Å²) in [6, 6.07) is 11.4. The third kappa shape index (κ3) is 3.37. The molecule has 0 unspecified atom stereocenters. The highest BCUT2D eigenvalue weighted by atomic mass is 32.1. The highest BCUT2D eigenvalue weighted by Crippen LogP contribution is 2.16. The van der Waals surface area contributed by atoms with Gasteiger partial charge in [-0.2, -0.15) is 0 Å². The zero-order valence-corrected chi connectivity index (χ0v) is 13.6. The summed E-state index contributed by atoms with van der Waals surface area (Å²) in [6.07, 6.45) is 1.39. The van der Waals surface area contributed by atoms with Crippen molar-refractivity contribution in [3.8, 4) is 0 Å². The second-order valence-electron chi connectivity index (χ2n) is 5.34. The van der Waals surface area contributed by atoms with Crippen molar-refractivity contribution in [2.24, 2.45) is 0 Å². The van der Waals surface area contributed by atoms with Crippen LogP contribution in [0.3, 0.4) is 0 Å². The number of rotatable bonds is 2. The molecule has 5 nitrogen and oxygen atoms in total. The van der Waals surface area contributed by atoms with Crippen LogP contribution in [0.2, 0.25) is 0 Å². The SMILES string of the molecule is Cc1ccc(NC(=S)Nc2ccc3nc[nH]c(=O)c3c2)cc1C. The Kier molecular flexibility index (Phi) is 4.08. The van der Waals surface area contributed by atoms with E-state index in [0.29, 0.717) is 16.0 Å². The molecule has 0 spiro atoms. The number of nitrogens with zero attached hydrogens (tertiary/aromatic N) is 1. The molecule has 0 bridgehead atoms. The molecule has 3 aromatic rings. The number of aryl methyl sites for hydroxylation is 2. The highest BCUT2D eigenvalue weighted by molar-refractivity contribution is 7.80. The first-order valence-electron chi connectivity index (χ1n) is 7.15. The minimum atomic E-state index is -0.174. The van der Waals surface area contributed by atoms with Gasteiger partial charge in [-0.3, -0.25) is 4.79 Å². The second kappa shape index (κ2) is 6.18. The van der Waals surface area contributed by atoms with Gasteiger partial charge in [-0.05, 0) is 67.5 Å². The summed E-state index contributed by atoms with van der Waals surface area (Å²) >= 11 is 5.33. The Balaban J connectivity index is 1.78. The average Bonchev–Trinajstić information content (AvgIpc) is 2.52. The van der Waals surface area contributed by atoms with Crippen LogP contribution in [0.4, 0.5) is 11.4 Å². The maximum absolute atomic E-state index is 11.8. The number of H-pyrrole nitrogens is 1. The molecule has 0 atom stereocenters. The minimum Gasteiger partial charge on any atom is -0.332 e. The molecule has 3 rings (SSSR count). The number of aromatic nitrogens is 2. The lowest BCUT2D eigenvalue weighted by Gasteiger charge is -2.12. The van der Waals surface area contributed by atoms with Crippen LogP contribution in [-0.4, -0.2) is 15.1 Å². The predicted molar refractivity (Wildman–Crippen MR) is 98.1 cm³/mol. The Labute approximate surface area is 138 Å². The molecule has 3 N–H and O–H groups in total. The second-order valence-corrected chi connectivity index (χ2v) is 5.75. The van der Waals surface area contributed by atoms with Crippen molar-refractivity contribution in [3.05, 3.63) is 64.2 Å². The molecule has 116 valence electrons. The lowest BCUT2D eigenvalue weighted by Crippen LogP contribution is -2.19. The summed E-state index contributed by atoms with van der Waals surface area (Å²) in [5.41, 5.74) is 4.55. The molecular formula is C17H16N4OS. The minimum absolute atomic E-state index is 0.174. The Morgan fingerprint density at radius 2 is 1.74 bits per heavy atom. The molecule has 0 radical (unpaired) electrons. The quantitative estimate of drug-likeness (QED) is 0.631. The molecule has 0 saturated heterocycles. The summed E-state index contributed by atoms with van der Waals surface area (Å²) in [5, 5.41) is 7.21. The van der Waals surface area contributed by atoms with Gasteiger partial charge >= 0.3 is 0 Å². The fourth-order valence-electron chi connectivity index (χ4n) is 2.26. The molecule has 0 aliphatic rings. The van der Waals surface area contributed by atoms with Crippen molar-refractivity contribution in [2.75, 3.05) is 10.6 Å². The molecule has 0 fully saturated rings. The fraction of sp³-hybridized carbons (Fsp3) is 0.118. The maximum atomic E-state index is 11.8. The monoisotopic (exact) mass is 324 g/mol. The lowest BCUT2D eigenvalue weighted by atomic mass is 10.1. The maximum Gasteiger partial charge on any atom is 0.258 e. The first-order valence-corrected chi connectivity index (χ1v) is 7.56. The fourth-order valence-corrected chi connectivity index (χ4v) is 2.49. The van der Waals surface area contributed by atoms with Crippen LogP contribution in [0.1, 0.15) is 11.1 Å². The largest absolute Gasteiger partial charge is 0.332 e. The van der Waals surface area contributed by atoms with Gasteiger partial charge in [0, 0.05) is 11.4 Å². The number of hydrogen-bond acceptors (Lipinski definition) is 3. The Morgan fingerprint density at radius 3 is 2.48 bits per heavy atom. The zero-order valence-electron chi connectivity index (χ0n) is 12.8. The van der Waals surface area contributed by atoms with Gasteiger partial charge in [-0.1, -0.05) is 6.07 Å². The van der Waals surface area contributed by atoms with Gasteiger partial charge in [0.1, 0.15) is 0 Å². The van der Waals surface area contributed by atoms with Gasteiger partial charge in [-0.25, -0.2) is 4.98 Å². The van der Waals surface area contributed by atoms with Gasteiger partial charge in [0.25, 0.3) is 5.56 Å². The van der Waals surface area contributed by atoms with E-state index in [4.69, 9.17) is 12.2 Å². The molecule has 0 aliphatic carbocycles. The predicted octanol–water partition coefficient (Wildman–Crippen LogP) is 3.35. The number of fused-ring (bicyclic) bond motifs is 1. The average molecular weight is 324 g/mol. The molecule has 0 amide bonds. The summed E-state index contributed by atoms with van der Waals surface area (Å²) in [6.45, 7) is 4.12. The molecule has 1 heterocycles. The summed E-state index contributed by atoms with van der Waals surface area (Å²) in [7, 11) is 0. The van der Waals surface area contributed by atoms with E-state index in [1.165, 1.54) is 17.5 Å². The molecule has 0 aliphatic heterocycles. The lowest BCUT2D eigenvalue weighted by molar-refractivity contribution is 1.17. The smallest absolute Gasteiger partial charge is 0.258 e. The van der Waals surface area contributed by atoms with Crippen molar-refractivity contribution in [1.29, 1.82) is 0 Å². The van der Waals surface area contributed by atoms with Gasteiger partial charge < -0.3 is 15.6 Å². The number of hydrogen-bond donors (Lipinski definition) is 3. The van der Waals surface area contributed by atoms with Crippen LogP contribution < -0.4 is 16.2 Å². The van der Waals surface area contributed by atoms with Crippen molar-refractivity contribution < 1.29 is 0 Å². The van der Waals surface area contributed by atoms with Crippen molar-refractivity contribution in [1.82, 2.24) is 9.97 Å². The molecule has 0 saturated carbocycles. The summed E-state index contributed by atoms with van der Waals surface area (Å²) in [4.78, 5) is 18.5. The standard InChI is InChI=1S/C17H16N4OS/c1-10-3-4-12(7-11(10)2)20-17(23)21-13-5-6-15-14(8-13)16(22)19-9-18-15/h3-9H,1-2H3,(H,18,19,22)(H2,20,21,23). The number of benzene rings is 2. The van der Waals surface area contributed by atoms with Crippen LogP contribution in [0, 0.1) is 13.8 Å². The van der Waals surface area contributed by atoms with E-state index in [1.54, 1.807) is 12.1 Å². The van der Waals surface area contributed by atoms with E-state index < -0.39 is 0 Å². The molecule has 23 heavy (non-hydrogen) atoms. The van der Waals surface area contributed by atoms with E-state index in [0.717, 1.165) is 11.4 Å². The number of aromatic amines is 1.